The van der Waals surface area contributed by atoms with Crippen LogP contribution in [0.5, 0.6) is 0 Å². The number of aliphatic carboxylic acids is 1. The van der Waals surface area contributed by atoms with Crippen molar-refractivity contribution in [2.45, 2.75) is 12.5 Å². The number of hydrogen-bond acceptors (Lipinski definition) is 4. The second-order valence-corrected chi connectivity index (χ2v) is 4.97. The summed E-state index contributed by atoms with van der Waals surface area (Å²) in [5, 5.41) is 13.7. The fraction of sp³-hybridized carbons (Fsp3) is 0.455. The van der Waals surface area contributed by atoms with E-state index in [2.05, 4.69) is 5.32 Å². The Hall–Kier alpha value is -1.40. The first-order chi connectivity index (χ1) is 8.16. The SMILES string of the molecule is O=C(O)C1CN(C(=O)Cc2cccs2)CCN1. The monoisotopic (exact) mass is 254 g/mol. The predicted molar refractivity (Wildman–Crippen MR) is 64.0 cm³/mol. The van der Waals surface area contributed by atoms with Crippen LogP contribution < -0.4 is 5.32 Å². The molecular formula is C11H14N2O3S. The average molecular weight is 254 g/mol. The van der Waals surface area contributed by atoms with E-state index in [9.17, 15) is 9.59 Å². The van der Waals surface area contributed by atoms with Crippen molar-refractivity contribution >= 4 is 23.2 Å². The van der Waals surface area contributed by atoms with Gasteiger partial charge in [0.25, 0.3) is 0 Å². The molecule has 0 bridgehead atoms. The first-order valence-electron chi connectivity index (χ1n) is 5.43. The van der Waals surface area contributed by atoms with Crippen molar-refractivity contribution in [1.82, 2.24) is 10.2 Å². The van der Waals surface area contributed by atoms with Crippen LogP contribution in [0.4, 0.5) is 0 Å². The highest BCUT2D eigenvalue weighted by Crippen LogP contribution is 2.11. The Bertz CT molecular complexity index is 405. The second kappa shape index (κ2) is 5.29. The Labute approximate surface area is 103 Å². The van der Waals surface area contributed by atoms with Crippen LogP contribution in [-0.4, -0.2) is 47.6 Å². The van der Waals surface area contributed by atoms with E-state index in [1.165, 1.54) is 0 Å². The minimum Gasteiger partial charge on any atom is -0.480 e. The maximum atomic E-state index is 11.9. The summed E-state index contributed by atoms with van der Waals surface area (Å²) in [6.45, 7) is 1.36. The number of hydrogen-bond donors (Lipinski definition) is 2. The summed E-state index contributed by atoms with van der Waals surface area (Å²) in [5.74, 6) is -0.904. The molecule has 2 rings (SSSR count). The molecule has 0 radical (unpaired) electrons. The minimum absolute atomic E-state index is 0.000185. The molecule has 17 heavy (non-hydrogen) atoms. The third kappa shape index (κ3) is 3.04. The van der Waals surface area contributed by atoms with Gasteiger partial charge in [-0.1, -0.05) is 6.07 Å². The topological polar surface area (TPSA) is 69.6 Å². The fourth-order valence-corrected chi connectivity index (χ4v) is 2.51. The Balaban J connectivity index is 1.93. The third-order valence-corrected chi connectivity index (χ3v) is 3.61. The van der Waals surface area contributed by atoms with Gasteiger partial charge in [0.1, 0.15) is 6.04 Å². The van der Waals surface area contributed by atoms with Gasteiger partial charge in [-0.2, -0.15) is 0 Å². The molecule has 1 unspecified atom stereocenters. The van der Waals surface area contributed by atoms with E-state index in [-0.39, 0.29) is 12.5 Å². The van der Waals surface area contributed by atoms with E-state index in [0.717, 1.165) is 4.88 Å². The Morgan fingerprint density at radius 2 is 2.41 bits per heavy atom. The molecule has 92 valence electrons. The summed E-state index contributed by atoms with van der Waals surface area (Å²) < 4.78 is 0. The smallest absolute Gasteiger partial charge is 0.322 e. The Morgan fingerprint density at radius 1 is 1.59 bits per heavy atom. The zero-order valence-electron chi connectivity index (χ0n) is 9.26. The summed E-state index contributed by atoms with van der Waals surface area (Å²) in [6.07, 6.45) is 0.365. The van der Waals surface area contributed by atoms with Crippen LogP contribution in [0.1, 0.15) is 4.88 Å². The van der Waals surface area contributed by atoms with Crippen molar-refractivity contribution in [3.05, 3.63) is 22.4 Å². The summed E-state index contributed by atoms with van der Waals surface area (Å²) >= 11 is 1.54. The highest BCUT2D eigenvalue weighted by atomic mass is 32.1. The maximum Gasteiger partial charge on any atom is 0.322 e. The summed E-state index contributed by atoms with van der Waals surface area (Å²) in [4.78, 5) is 25.4. The van der Waals surface area contributed by atoms with Gasteiger partial charge in [-0.15, -0.1) is 11.3 Å². The number of carbonyl (C=O) groups excluding carboxylic acids is 1. The lowest BCUT2D eigenvalue weighted by Gasteiger charge is -2.31. The van der Waals surface area contributed by atoms with Gasteiger partial charge in [0, 0.05) is 24.5 Å². The number of nitrogens with one attached hydrogen (secondary N) is 1. The highest BCUT2D eigenvalue weighted by Gasteiger charge is 2.27. The average Bonchev–Trinajstić information content (AvgIpc) is 2.82. The first-order valence-corrected chi connectivity index (χ1v) is 6.31. The van der Waals surface area contributed by atoms with Gasteiger partial charge in [-0.3, -0.25) is 9.59 Å². The third-order valence-electron chi connectivity index (χ3n) is 2.73. The molecule has 1 aliphatic rings. The number of carbonyl (C=O) groups is 2. The molecule has 1 amide bonds. The lowest BCUT2D eigenvalue weighted by molar-refractivity contribution is -0.142. The molecule has 1 fully saturated rings. The Kier molecular flexibility index (Phi) is 3.75. The standard InChI is InChI=1S/C11H14N2O3S/c14-10(6-8-2-1-5-17-8)13-4-3-12-9(7-13)11(15)16/h1-2,5,9,12H,3-4,6-7H2,(H,15,16). The van der Waals surface area contributed by atoms with Gasteiger partial charge in [-0.25, -0.2) is 0 Å². The molecule has 1 aromatic rings. The van der Waals surface area contributed by atoms with Crippen molar-refractivity contribution in [2.24, 2.45) is 0 Å². The zero-order chi connectivity index (χ0) is 12.3. The number of carboxylic acids is 1. The van der Waals surface area contributed by atoms with E-state index in [1.54, 1.807) is 16.2 Å². The number of rotatable bonds is 3. The van der Waals surface area contributed by atoms with E-state index in [0.29, 0.717) is 19.5 Å². The molecule has 5 nitrogen and oxygen atoms in total. The molecule has 0 aromatic carbocycles. The molecule has 1 aromatic heterocycles. The van der Waals surface area contributed by atoms with Crippen LogP contribution in [0.3, 0.4) is 0 Å². The Morgan fingerprint density at radius 3 is 3.06 bits per heavy atom. The van der Waals surface area contributed by atoms with E-state index in [1.807, 2.05) is 17.5 Å². The molecule has 0 saturated carbocycles. The van der Waals surface area contributed by atoms with E-state index < -0.39 is 12.0 Å². The van der Waals surface area contributed by atoms with Crippen LogP contribution in [0.2, 0.25) is 0 Å². The molecule has 1 atom stereocenters. The van der Waals surface area contributed by atoms with Crippen LogP contribution >= 0.6 is 11.3 Å². The van der Waals surface area contributed by atoms with Crippen LogP contribution in [-0.2, 0) is 16.0 Å². The zero-order valence-corrected chi connectivity index (χ0v) is 10.1. The quantitative estimate of drug-likeness (QED) is 0.807. The number of amides is 1. The van der Waals surface area contributed by atoms with Gasteiger partial charge in [0.15, 0.2) is 0 Å². The van der Waals surface area contributed by atoms with Crippen LogP contribution in [0, 0.1) is 0 Å². The minimum atomic E-state index is -0.904. The lowest BCUT2D eigenvalue weighted by Crippen LogP contribution is -2.55. The normalized spacial score (nSPS) is 20.2. The van der Waals surface area contributed by atoms with Crippen LogP contribution in [0.15, 0.2) is 17.5 Å². The fourth-order valence-electron chi connectivity index (χ4n) is 1.82. The molecule has 1 saturated heterocycles. The summed E-state index contributed by atoms with van der Waals surface area (Å²) in [6, 6.07) is 3.18. The van der Waals surface area contributed by atoms with Gasteiger partial charge >= 0.3 is 5.97 Å². The highest BCUT2D eigenvalue weighted by molar-refractivity contribution is 7.10. The van der Waals surface area contributed by atoms with Crippen molar-refractivity contribution in [3.8, 4) is 0 Å². The molecule has 2 heterocycles. The van der Waals surface area contributed by atoms with Gasteiger partial charge < -0.3 is 15.3 Å². The number of piperazine rings is 1. The predicted octanol–water partition coefficient (Wildman–Crippen LogP) is 0.176. The number of carboxylic acid groups (broad SMARTS) is 1. The molecule has 1 aliphatic heterocycles. The number of thiophene rings is 1. The van der Waals surface area contributed by atoms with Crippen LogP contribution in [0.25, 0.3) is 0 Å². The first kappa shape index (κ1) is 12.1. The molecular weight excluding hydrogens is 240 g/mol. The second-order valence-electron chi connectivity index (χ2n) is 3.94. The van der Waals surface area contributed by atoms with Gasteiger partial charge in [-0.05, 0) is 11.4 Å². The number of nitrogens with zero attached hydrogens (tertiary/aromatic N) is 1. The summed E-state index contributed by atoms with van der Waals surface area (Å²) in [7, 11) is 0. The summed E-state index contributed by atoms with van der Waals surface area (Å²) in [5.41, 5.74) is 0. The van der Waals surface area contributed by atoms with E-state index in [4.69, 9.17) is 5.11 Å². The van der Waals surface area contributed by atoms with Gasteiger partial charge in [0.05, 0.1) is 6.42 Å². The molecule has 2 N–H and O–H groups in total. The van der Waals surface area contributed by atoms with E-state index >= 15 is 0 Å². The van der Waals surface area contributed by atoms with Crippen molar-refractivity contribution in [2.75, 3.05) is 19.6 Å². The lowest BCUT2D eigenvalue weighted by atomic mass is 10.2. The molecule has 6 heteroatoms. The van der Waals surface area contributed by atoms with Crippen molar-refractivity contribution in [1.29, 1.82) is 0 Å². The molecule has 0 spiro atoms. The van der Waals surface area contributed by atoms with Crippen molar-refractivity contribution in [3.63, 3.8) is 0 Å². The largest absolute Gasteiger partial charge is 0.480 e. The van der Waals surface area contributed by atoms with Crippen molar-refractivity contribution < 1.29 is 14.7 Å². The molecule has 0 aliphatic carbocycles. The maximum absolute atomic E-state index is 11.9. The van der Waals surface area contributed by atoms with Gasteiger partial charge in [0.2, 0.25) is 5.91 Å².